The van der Waals surface area contributed by atoms with Gasteiger partial charge in [-0.1, -0.05) is 54.6 Å². The summed E-state index contributed by atoms with van der Waals surface area (Å²) >= 11 is 4.64. The van der Waals surface area contributed by atoms with E-state index >= 15 is 0 Å². The van der Waals surface area contributed by atoms with E-state index < -0.39 is 0 Å². The van der Waals surface area contributed by atoms with Gasteiger partial charge < -0.3 is 0 Å². The summed E-state index contributed by atoms with van der Waals surface area (Å²) in [7, 11) is 0. The average Bonchev–Trinajstić information content (AvgIpc) is 2.73. The molecule has 0 radical (unpaired) electrons. The molecule has 96 valence electrons. The number of hydrazone groups is 1. The van der Waals surface area contributed by atoms with Crippen LogP contribution in [-0.4, -0.2) is 12.1 Å². The number of fused-ring (bicyclic) bond motifs is 1. The summed E-state index contributed by atoms with van der Waals surface area (Å²) in [5.41, 5.74) is 7.35. The predicted octanol–water partition coefficient (Wildman–Crippen LogP) is 4.38. The molecule has 0 amide bonds. The SMILES string of the molecule is C1=Cc2ccccc2NN=C1c1ccccc1.CCl. The van der Waals surface area contributed by atoms with Crippen molar-refractivity contribution >= 4 is 29.1 Å². The number of nitrogens with zero attached hydrogens (tertiary/aromatic N) is 1. The van der Waals surface area contributed by atoms with Gasteiger partial charge in [-0.3, -0.25) is 5.43 Å². The van der Waals surface area contributed by atoms with Crippen molar-refractivity contribution in [3.05, 3.63) is 71.8 Å². The minimum Gasteiger partial charge on any atom is -0.277 e. The van der Waals surface area contributed by atoms with Crippen molar-refractivity contribution in [1.82, 2.24) is 0 Å². The van der Waals surface area contributed by atoms with Crippen molar-refractivity contribution in [3.63, 3.8) is 0 Å². The Morgan fingerprint density at radius 2 is 1.53 bits per heavy atom. The molecule has 3 rings (SSSR count). The van der Waals surface area contributed by atoms with Crippen molar-refractivity contribution in [2.45, 2.75) is 0 Å². The summed E-state index contributed by atoms with van der Waals surface area (Å²) in [5.74, 6) is 0. The molecule has 1 N–H and O–H groups in total. The van der Waals surface area contributed by atoms with Crippen molar-refractivity contribution in [2.75, 3.05) is 11.8 Å². The monoisotopic (exact) mass is 270 g/mol. The summed E-state index contributed by atoms with van der Waals surface area (Å²) in [6, 6.07) is 18.3. The highest BCUT2D eigenvalue weighted by Crippen LogP contribution is 2.20. The van der Waals surface area contributed by atoms with Crippen molar-refractivity contribution < 1.29 is 0 Å². The molecule has 2 nitrogen and oxygen atoms in total. The van der Waals surface area contributed by atoms with Gasteiger partial charge in [0.1, 0.15) is 0 Å². The van der Waals surface area contributed by atoms with Crippen LogP contribution in [-0.2, 0) is 0 Å². The zero-order chi connectivity index (χ0) is 13.5. The number of allylic oxidation sites excluding steroid dienone is 1. The third-order valence-electron chi connectivity index (χ3n) is 2.75. The van der Waals surface area contributed by atoms with Crippen LogP contribution in [0.5, 0.6) is 0 Å². The molecule has 1 heterocycles. The van der Waals surface area contributed by atoms with E-state index in [1.54, 1.807) is 0 Å². The summed E-state index contributed by atoms with van der Waals surface area (Å²) in [6.45, 7) is 0. The highest BCUT2D eigenvalue weighted by atomic mass is 35.5. The van der Waals surface area contributed by atoms with E-state index in [4.69, 9.17) is 0 Å². The first-order valence-electron chi connectivity index (χ1n) is 5.97. The summed E-state index contributed by atoms with van der Waals surface area (Å²) in [4.78, 5) is 0. The maximum Gasteiger partial charge on any atom is 0.0905 e. The second kappa shape index (κ2) is 6.76. The lowest BCUT2D eigenvalue weighted by Gasteiger charge is -2.02. The lowest BCUT2D eigenvalue weighted by molar-refractivity contribution is 1.34. The Balaban J connectivity index is 0.000000637. The molecule has 0 unspecified atom stereocenters. The molecule has 0 spiro atoms. The molecule has 0 aromatic heterocycles. The van der Waals surface area contributed by atoms with Crippen LogP contribution in [0, 0.1) is 0 Å². The first-order valence-corrected chi connectivity index (χ1v) is 6.73. The molecular weight excluding hydrogens is 256 g/mol. The van der Waals surface area contributed by atoms with Crippen LogP contribution in [0.2, 0.25) is 0 Å². The van der Waals surface area contributed by atoms with E-state index in [-0.39, 0.29) is 0 Å². The molecule has 19 heavy (non-hydrogen) atoms. The molecule has 0 atom stereocenters. The molecule has 0 aliphatic carbocycles. The summed E-state index contributed by atoms with van der Waals surface area (Å²) in [5, 5.41) is 4.41. The topological polar surface area (TPSA) is 24.4 Å². The normalized spacial score (nSPS) is 12.2. The van der Waals surface area contributed by atoms with Gasteiger partial charge in [-0.05, 0) is 17.7 Å². The number of alkyl halides is 1. The first kappa shape index (κ1) is 13.4. The van der Waals surface area contributed by atoms with Crippen LogP contribution in [0.25, 0.3) is 6.08 Å². The maximum absolute atomic E-state index is 4.64. The number of para-hydroxylation sites is 1. The van der Waals surface area contributed by atoms with Crippen LogP contribution in [0.4, 0.5) is 5.69 Å². The van der Waals surface area contributed by atoms with Crippen LogP contribution in [0.15, 0.2) is 65.8 Å². The van der Waals surface area contributed by atoms with Gasteiger partial charge >= 0.3 is 0 Å². The largest absolute Gasteiger partial charge is 0.277 e. The van der Waals surface area contributed by atoms with Gasteiger partial charge in [-0.2, -0.15) is 5.10 Å². The van der Waals surface area contributed by atoms with Gasteiger partial charge in [0.15, 0.2) is 0 Å². The fraction of sp³-hybridized carbons (Fsp3) is 0.0625. The van der Waals surface area contributed by atoms with Gasteiger partial charge in [-0.15, -0.1) is 11.6 Å². The Morgan fingerprint density at radius 1 is 0.842 bits per heavy atom. The van der Waals surface area contributed by atoms with E-state index in [0.29, 0.717) is 0 Å². The number of anilines is 1. The Morgan fingerprint density at radius 3 is 2.32 bits per heavy atom. The van der Waals surface area contributed by atoms with Crippen LogP contribution in [0.1, 0.15) is 11.1 Å². The lowest BCUT2D eigenvalue weighted by Crippen LogP contribution is -1.99. The molecule has 1 aliphatic rings. The van der Waals surface area contributed by atoms with Crippen LogP contribution >= 0.6 is 11.6 Å². The van der Waals surface area contributed by atoms with E-state index in [1.165, 1.54) is 6.38 Å². The molecule has 3 heteroatoms. The Labute approximate surface area is 118 Å². The molecule has 0 fully saturated rings. The fourth-order valence-corrected chi connectivity index (χ4v) is 1.84. The predicted molar refractivity (Wildman–Crippen MR) is 83.9 cm³/mol. The van der Waals surface area contributed by atoms with Crippen molar-refractivity contribution in [2.24, 2.45) is 5.10 Å². The molecule has 2 aromatic carbocycles. The highest BCUT2D eigenvalue weighted by Gasteiger charge is 2.05. The van der Waals surface area contributed by atoms with Gasteiger partial charge in [0, 0.05) is 11.9 Å². The fourth-order valence-electron chi connectivity index (χ4n) is 1.84. The first-order chi connectivity index (χ1) is 9.43. The van der Waals surface area contributed by atoms with E-state index in [2.05, 4.69) is 46.4 Å². The molecular formula is C16H15ClN2. The molecule has 2 aromatic rings. The molecule has 0 saturated heterocycles. The van der Waals surface area contributed by atoms with E-state index in [1.807, 2.05) is 42.5 Å². The zero-order valence-electron chi connectivity index (χ0n) is 10.7. The number of nitrogens with one attached hydrogen (secondary N) is 1. The second-order valence-electron chi connectivity index (χ2n) is 3.90. The zero-order valence-corrected chi connectivity index (χ0v) is 11.4. The molecule has 0 bridgehead atoms. The van der Waals surface area contributed by atoms with Crippen molar-refractivity contribution in [1.29, 1.82) is 0 Å². The number of rotatable bonds is 1. The van der Waals surface area contributed by atoms with Crippen LogP contribution in [0.3, 0.4) is 0 Å². The molecule has 0 saturated carbocycles. The minimum absolute atomic E-state index is 0.946. The Hall–Kier alpha value is -2.06. The van der Waals surface area contributed by atoms with Gasteiger partial charge in [-0.25, -0.2) is 0 Å². The highest BCUT2D eigenvalue weighted by molar-refractivity contribution is 6.15. The third kappa shape index (κ3) is 3.24. The second-order valence-corrected chi connectivity index (χ2v) is 3.90. The van der Waals surface area contributed by atoms with Gasteiger partial charge in [0.05, 0.1) is 11.4 Å². The van der Waals surface area contributed by atoms with E-state index in [9.17, 15) is 0 Å². The Kier molecular flexibility index (Phi) is 4.76. The maximum atomic E-state index is 4.64. The van der Waals surface area contributed by atoms with Crippen molar-refractivity contribution in [3.8, 4) is 0 Å². The summed E-state index contributed by atoms with van der Waals surface area (Å²) < 4.78 is 0. The minimum atomic E-state index is 0.946. The van der Waals surface area contributed by atoms with Gasteiger partial charge in [0.25, 0.3) is 0 Å². The number of hydrogen-bond acceptors (Lipinski definition) is 2. The smallest absolute Gasteiger partial charge is 0.0905 e. The quantitative estimate of drug-likeness (QED) is 0.764. The number of benzene rings is 2. The van der Waals surface area contributed by atoms with E-state index in [0.717, 1.165) is 22.5 Å². The van der Waals surface area contributed by atoms with Gasteiger partial charge in [0.2, 0.25) is 0 Å². The number of halogens is 1. The molecule has 1 aliphatic heterocycles. The average molecular weight is 271 g/mol. The van der Waals surface area contributed by atoms with Crippen LogP contribution < -0.4 is 5.43 Å². The standard InChI is InChI=1S/C15H12N2.CH3Cl/c1-2-6-12(7-3-1)15-11-10-13-8-4-5-9-14(13)16-17-15;1-2/h1-11,16H;1H3. The lowest BCUT2D eigenvalue weighted by atomic mass is 10.1. The third-order valence-corrected chi connectivity index (χ3v) is 2.75. The number of hydrogen-bond donors (Lipinski definition) is 1. The summed E-state index contributed by atoms with van der Waals surface area (Å²) in [6.07, 6.45) is 5.59. The Bertz CT molecular complexity index is 589.